The van der Waals surface area contributed by atoms with Crippen molar-refractivity contribution in [3.05, 3.63) is 86.5 Å². The SMILES string of the molecule is CC(C)(C)c1cc(C(CCCC(=O)O)(C(=O)Oc2c(C(C)(C)C)cc(CCCCCCCCCCCCCCCCCC(=O)O)cc2C(C)(C)C)c2cc(C(C)(C)C)c(O)c(C(C)(C)C)c2)cc(C(C)(C)C)c1O. The standard InChI is InChI=1S/C66H104O8/c1-60(2,3)48-41-46(42-49(56(48)71)61(4,5)6)66(38-34-37-55(69)70,47-43-50(62(7,8)9)57(72)51(44-47)63(10,11)12)59(73)74-58-52(64(13,14)15)39-45(40-53(58)65(16,17)18)35-32-30-28-26-24-22-20-19-21-23-25-27-29-31-33-36-54(67)68/h39-44,71-72H,19-38H2,1-18H3,(H,67,68)(H,69,70). The van der Waals surface area contributed by atoms with Gasteiger partial charge in [0, 0.05) is 24.0 Å². The normalized spacial score (nSPS) is 13.1. The lowest BCUT2D eigenvalue weighted by molar-refractivity contribution is -0.141. The van der Waals surface area contributed by atoms with Gasteiger partial charge in [0.1, 0.15) is 22.7 Å². The molecule has 8 nitrogen and oxygen atoms in total. The average Bonchev–Trinajstić information content (AvgIpc) is 3.24. The van der Waals surface area contributed by atoms with Crippen molar-refractivity contribution in [1.29, 1.82) is 0 Å². The molecule has 0 aliphatic carbocycles. The number of hydrogen-bond donors (Lipinski definition) is 4. The molecule has 0 heterocycles. The van der Waals surface area contributed by atoms with E-state index in [0.29, 0.717) is 45.6 Å². The Kier molecular flexibility index (Phi) is 22.6. The second-order valence-electron chi connectivity index (χ2n) is 28.1. The minimum atomic E-state index is -1.59. The largest absolute Gasteiger partial charge is 0.507 e. The number of aryl methyl sites for hydroxylation is 1. The number of carbonyl (C=O) groups is 3. The van der Waals surface area contributed by atoms with E-state index in [2.05, 4.69) is 137 Å². The van der Waals surface area contributed by atoms with Gasteiger partial charge in [0.25, 0.3) is 0 Å². The first-order valence-corrected chi connectivity index (χ1v) is 28.5. The molecule has 0 aliphatic rings. The Morgan fingerprint density at radius 2 is 0.649 bits per heavy atom. The molecule has 0 spiro atoms. The Hall–Kier alpha value is -4.33. The van der Waals surface area contributed by atoms with Crippen molar-refractivity contribution in [2.75, 3.05) is 0 Å². The molecule has 0 aromatic heterocycles. The van der Waals surface area contributed by atoms with Crippen molar-refractivity contribution in [2.24, 2.45) is 0 Å². The maximum absolute atomic E-state index is 16.5. The summed E-state index contributed by atoms with van der Waals surface area (Å²) in [6, 6.07) is 12.3. The van der Waals surface area contributed by atoms with Gasteiger partial charge >= 0.3 is 17.9 Å². The van der Waals surface area contributed by atoms with E-state index in [-0.39, 0.29) is 30.8 Å². The average molecular weight is 1030 g/mol. The summed E-state index contributed by atoms with van der Waals surface area (Å²) in [6.07, 6.45) is 19.1. The molecule has 0 aliphatic heterocycles. The van der Waals surface area contributed by atoms with Crippen LogP contribution in [0.2, 0.25) is 0 Å². The Balaban J connectivity index is 2.15. The fourth-order valence-corrected chi connectivity index (χ4v) is 10.5. The van der Waals surface area contributed by atoms with Gasteiger partial charge in [-0.3, -0.25) is 14.4 Å². The van der Waals surface area contributed by atoms with Gasteiger partial charge in [-0.25, -0.2) is 0 Å². The minimum absolute atomic E-state index is 0.0989. The number of unbranched alkanes of at least 4 members (excludes halogenated alkanes) is 14. The molecule has 0 bridgehead atoms. The van der Waals surface area contributed by atoms with E-state index in [0.717, 1.165) is 49.7 Å². The molecular formula is C66H104O8. The van der Waals surface area contributed by atoms with Crippen molar-refractivity contribution >= 4 is 17.9 Å². The van der Waals surface area contributed by atoms with E-state index in [4.69, 9.17) is 9.84 Å². The Bertz CT molecular complexity index is 2140. The number of rotatable bonds is 26. The number of aliphatic carboxylic acids is 2. The molecule has 8 heteroatoms. The lowest BCUT2D eigenvalue weighted by Gasteiger charge is -2.39. The fraction of sp³-hybridized carbons (Fsp3) is 0.682. The summed E-state index contributed by atoms with van der Waals surface area (Å²) < 4.78 is 7.19. The number of carboxylic acid groups (broad SMARTS) is 2. The van der Waals surface area contributed by atoms with Crippen LogP contribution in [0.5, 0.6) is 17.2 Å². The van der Waals surface area contributed by atoms with Crippen LogP contribution in [0.1, 0.15) is 297 Å². The third-order valence-electron chi connectivity index (χ3n) is 15.0. The summed E-state index contributed by atoms with van der Waals surface area (Å²) in [7, 11) is 0. The van der Waals surface area contributed by atoms with E-state index in [1.54, 1.807) is 0 Å². The number of phenolic OH excluding ortho intramolecular Hbond substituents is 2. The van der Waals surface area contributed by atoms with Crippen LogP contribution in [-0.4, -0.2) is 38.3 Å². The van der Waals surface area contributed by atoms with E-state index in [1.807, 2.05) is 24.3 Å². The van der Waals surface area contributed by atoms with Gasteiger partial charge in [-0.05, 0) is 104 Å². The highest BCUT2D eigenvalue weighted by molar-refractivity contribution is 5.91. The van der Waals surface area contributed by atoms with Gasteiger partial charge in [0.2, 0.25) is 0 Å². The smallest absolute Gasteiger partial charge is 0.326 e. The molecule has 0 atom stereocenters. The number of esters is 1. The Labute approximate surface area is 450 Å². The van der Waals surface area contributed by atoms with Crippen LogP contribution < -0.4 is 4.74 Å². The van der Waals surface area contributed by atoms with E-state index >= 15 is 4.79 Å². The highest BCUT2D eigenvalue weighted by Gasteiger charge is 2.48. The zero-order chi connectivity index (χ0) is 56.3. The van der Waals surface area contributed by atoms with Crippen molar-refractivity contribution in [1.82, 2.24) is 0 Å². The summed E-state index contributed by atoms with van der Waals surface area (Å²) in [5.41, 5.74) is 2.47. The molecule has 0 unspecified atom stereocenters. The quantitative estimate of drug-likeness (QED) is 0.0354. The molecule has 0 saturated carbocycles. The zero-order valence-electron chi connectivity index (χ0n) is 50.0. The molecule has 416 valence electrons. The third kappa shape index (κ3) is 18.2. The third-order valence-corrected chi connectivity index (χ3v) is 15.0. The highest BCUT2D eigenvalue weighted by atomic mass is 16.5. The Morgan fingerprint density at radius 1 is 0.378 bits per heavy atom. The molecule has 0 saturated heterocycles. The molecule has 74 heavy (non-hydrogen) atoms. The summed E-state index contributed by atoms with van der Waals surface area (Å²) in [6.45, 7) is 37.6. The van der Waals surface area contributed by atoms with Crippen LogP contribution in [0.3, 0.4) is 0 Å². The van der Waals surface area contributed by atoms with Gasteiger partial charge in [-0.1, -0.05) is 244 Å². The molecule has 3 aromatic rings. The molecule has 4 N–H and O–H groups in total. The van der Waals surface area contributed by atoms with Crippen LogP contribution >= 0.6 is 0 Å². The number of hydrogen-bond acceptors (Lipinski definition) is 6. The number of benzene rings is 3. The molecule has 0 radical (unpaired) electrons. The maximum atomic E-state index is 16.5. The first-order chi connectivity index (χ1) is 33.9. The molecular weight excluding hydrogens is 921 g/mol. The second kappa shape index (κ2) is 26.1. The van der Waals surface area contributed by atoms with Gasteiger partial charge in [0.05, 0.1) is 0 Å². The topological polar surface area (TPSA) is 141 Å². The Morgan fingerprint density at radius 3 is 0.932 bits per heavy atom. The summed E-state index contributed by atoms with van der Waals surface area (Å²) in [5, 5.41) is 43.2. The first kappa shape index (κ1) is 64.0. The lowest BCUT2D eigenvalue weighted by Crippen LogP contribution is -2.42. The van der Waals surface area contributed by atoms with Crippen molar-refractivity contribution in [3.63, 3.8) is 0 Å². The molecule has 3 rings (SSSR count). The summed E-state index contributed by atoms with van der Waals surface area (Å²) in [4.78, 5) is 39.6. The van der Waals surface area contributed by atoms with Gasteiger partial charge in [0.15, 0.2) is 0 Å². The predicted molar refractivity (Wildman–Crippen MR) is 308 cm³/mol. The first-order valence-electron chi connectivity index (χ1n) is 28.5. The number of carboxylic acids is 2. The van der Waals surface area contributed by atoms with Gasteiger partial charge < -0.3 is 25.2 Å². The minimum Gasteiger partial charge on any atom is -0.507 e. The highest BCUT2D eigenvalue weighted by Crippen LogP contribution is 2.51. The monoisotopic (exact) mass is 1020 g/mol. The van der Waals surface area contributed by atoms with E-state index in [1.165, 1.54) is 69.8 Å². The van der Waals surface area contributed by atoms with Gasteiger partial charge in [-0.15, -0.1) is 0 Å². The van der Waals surface area contributed by atoms with Crippen molar-refractivity contribution in [2.45, 2.75) is 291 Å². The maximum Gasteiger partial charge on any atom is 0.326 e. The fourth-order valence-electron chi connectivity index (χ4n) is 10.5. The number of phenols is 2. The zero-order valence-corrected chi connectivity index (χ0v) is 50.0. The number of ether oxygens (including phenoxy) is 1. The molecule has 3 aromatic carbocycles. The second-order valence-corrected chi connectivity index (χ2v) is 28.1. The van der Waals surface area contributed by atoms with Gasteiger partial charge in [-0.2, -0.15) is 0 Å². The predicted octanol–water partition coefficient (Wildman–Crippen LogP) is 17.9. The van der Waals surface area contributed by atoms with Crippen LogP contribution in [0.15, 0.2) is 36.4 Å². The lowest BCUT2D eigenvalue weighted by atomic mass is 9.65. The van der Waals surface area contributed by atoms with E-state index in [9.17, 15) is 24.9 Å². The van der Waals surface area contributed by atoms with Crippen LogP contribution in [-0.2, 0) is 58.7 Å². The summed E-state index contributed by atoms with van der Waals surface area (Å²) >= 11 is 0. The van der Waals surface area contributed by atoms with E-state index < -0.39 is 55.8 Å². The number of carbonyl (C=O) groups excluding carboxylic acids is 1. The van der Waals surface area contributed by atoms with Crippen molar-refractivity contribution < 1.29 is 39.5 Å². The van der Waals surface area contributed by atoms with Crippen LogP contribution in [0.4, 0.5) is 0 Å². The molecule has 0 fully saturated rings. The van der Waals surface area contributed by atoms with Crippen molar-refractivity contribution in [3.8, 4) is 17.2 Å². The van der Waals surface area contributed by atoms with Crippen LogP contribution in [0, 0.1) is 0 Å². The summed E-state index contributed by atoms with van der Waals surface area (Å²) in [5.74, 6) is -1.29. The van der Waals surface area contributed by atoms with Crippen LogP contribution in [0.25, 0.3) is 0 Å². The molecule has 0 amide bonds. The number of aromatic hydroxyl groups is 2.